The minimum Gasteiger partial charge on any atom is -0.309 e. The van der Waals surface area contributed by atoms with E-state index in [2.05, 4.69) is 180 Å². The highest BCUT2D eigenvalue weighted by molar-refractivity contribution is 6.27. The van der Waals surface area contributed by atoms with E-state index in [9.17, 15) is 0 Å². The van der Waals surface area contributed by atoms with Crippen molar-refractivity contribution >= 4 is 54.1 Å². The zero-order valence-corrected chi connectivity index (χ0v) is 25.7. The van der Waals surface area contributed by atoms with Crippen LogP contribution in [0.15, 0.2) is 176 Å². The molecule has 0 aliphatic heterocycles. The Bertz CT molecular complexity index is 2700. The molecule has 0 saturated heterocycles. The fraction of sp³-hybridized carbons (Fsp3) is 0. The Morgan fingerprint density at radius 1 is 0.277 bits per heavy atom. The third-order valence-electron chi connectivity index (χ3n) is 9.98. The average molecular weight is 596 g/mol. The number of fused-ring (bicyclic) bond motifs is 3. The van der Waals surface area contributed by atoms with Crippen molar-refractivity contribution in [1.29, 1.82) is 0 Å². The monoisotopic (exact) mass is 595 g/mol. The van der Waals surface area contributed by atoms with Crippen LogP contribution in [-0.2, 0) is 0 Å². The molecule has 0 fully saturated rings. The van der Waals surface area contributed by atoms with E-state index in [1.54, 1.807) is 0 Å². The normalized spacial score (nSPS) is 11.8. The summed E-state index contributed by atoms with van der Waals surface area (Å²) in [6.07, 6.45) is 0. The summed E-state index contributed by atoms with van der Waals surface area (Å²) < 4.78 is 2.38. The molecule has 0 aliphatic rings. The summed E-state index contributed by atoms with van der Waals surface area (Å²) in [6, 6.07) is 64.4. The topological polar surface area (TPSA) is 4.93 Å². The third-order valence-corrected chi connectivity index (χ3v) is 9.98. The Labute approximate surface area is 272 Å². The van der Waals surface area contributed by atoms with E-state index < -0.39 is 0 Å². The van der Waals surface area contributed by atoms with Gasteiger partial charge in [-0.25, -0.2) is 0 Å². The first-order chi connectivity index (χ1) is 23.3. The van der Waals surface area contributed by atoms with Crippen molar-refractivity contribution in [3.63, 3.8) is 0 Å². The quantitative estimate of drug-likeness (QED) is 0.178. The Morgan fingerprint density at radius 3 is 1.26 bits per heavy atom. The maximum absolute atomic E-state index is 2.38. The number of benzene rings is 9. The molecule has 0 unspecified atom stereocenters. The van der Waals surface area contributed by atoms with Crippen LogP contribution in [0.1, 0.15) is 0 Å². The lowest BCUT2D eigenvalue weighted by atomic mass is 9.87. The van der Waals surface area contributed by atoms with Crippen LogP contribution in [0.25, 0.3) is 93.2 Å². The van der Waals surface area contributed by atoms with Gasteiger partial charge < -0.3 is 4.57 Å². The maximum atomic E-state index is 2.38. The first-order valence-electron chi connectivity index (χ1n) is 16.3. The molecule has 0 N–H and O–H groups in total. The lowest BCUT2D eigenvalue weighted by Gasteiger charge is -2.17. The minimum atomic E-state index is 1.17. The van der Waals surface area contributed by atoms with Gasteiger partial charge in [-0.2, -0.15) is 0 Å². The fourth-order valence-corrected chi connectivity index (χ4v) is 7.77. The van der Waals surface area contributed by atoms with E-state index in [-0.39, 0.29) is 0 Å². The second-order valence-corrected chi connectivity index (χ2v) is 12.5. The summed E-state index contributed by atoms with van der Waals surface area (Å²) in [5, 5.41) is 10.4. The van der Waals surface area contributed by atoms with Crippen molar-refractivity contribution in [3.05, 3.63) is 176 Å². The highest BCUT2D eigenvalue weighted by Gasteiger charge is 2.16. The number of para-hydroxylation sites is 2. The van der Waals surface area contributed by atoms with Gasteiger partial charge in [-0.15, -0.1) is 0 Å². The summed E-state index contributed by atoms with van der Waals surface area (Å²) in [5.41, 5.74) is 11.1. The largest absolute Gasteiger partial charge is 0.309 e. The Kier molecular flexibility index (Phi) is 5.64. The molecule has 0 saturated carbocycles. The van der Waals surface area contributed by atoms with Gasteiger partial charge in [0.25, 0.3) is 0 Å². The Hall–Kier alpha value is -6.18. The summed E-state index contributed by atoms with van der Waals surface area (Å²) >= 11 is 0. The average Bonchev–Trinajstić information content (AvgIpc) is 3.49. The SMILES string of the molecule is c1ccc(-c2ccc(-c3ccc4ccc5c(-c6ccc(-n7c8ccccc8c8ccccc87)cc6)ccc6ccc3c4c65)cc2)cc1. The Balaban J connectivity index is 1.10. The van der Waals surface area contributed by atoms with E-state index in [1.165, 1.54) is 93.2 Å². The second kappa shape index (κ2) is 10.2. The molecule has 47 heavy (non-hydrogen) atoms. The molecular weight excluding hydrogens is 567 g/mol. The van der Waals surface area contributed by atoms with Crippen molar-refractivity contribution in [2.45, 2.75) is 0 Å². The van der Waals surface area contributed by atoms with E-state index in [0.29, 0.717) is 0 Å². The molecule has 0 atom stereocenters. The molecule has 9 aromatic carbocycles. The smallest absolute Gasteiger partial charge is 0.0541 e. The van der Waals surface area contributed by atoms with Crippen LogP contribution in [0.4, 0.5) is 0 Å². The van der Waals surface area contributed by atoms with E-state index in [0.717, 1.165) is 0 Å². The zero-order chi connectivity index (χ0) is 30.9. The van der Waals surface area contributed by atoms with Crippen LogP contribution in [0.3, 0.4) is 0 Å². The van der Waals surface area contributed by atoms with Gasteiger partial charge in [-0.05, 0) is 90.0 Å². The zero-order valence-electron chi connectivity index (χ0n) is 25.7. The standard InChI is InChI=1S/C46H29N/c1-2-8-30(9-3-1)31-14-16-32(17-15-31)37-26-20-34-23-29-42-38(27-21-35-22-28-41(37)45(34)46(35)42)33-18-24-36(25-19-33)47-43-12-6-4-10-39(43)40-11-5-7-13-44(40)47/h1-29H. The molecule has 0 amide bonds. The number of nitrogens with zero attached hydrogens (tertiary/aromatic N) is 1. The number of hydrogen-bond donors (Lipinski definition) is 0. The third kappa shape index (κ3) is 3.97. The van der Waals surface area contributed by atoms with E-state index in [1.807, 2.05) is 0 Å². The number of rotatable bonds is 4. The Morgan fingerprint density at radius 2 is 0.702 bits per heavy atom. The van der Waals surface area contributed by atoms with Crippen molar-refractivity contribution in [3.8, 4) is 39.1 Å². The van der Waals surface area contributed by atoms with Gasteiger partial charge in [0.15, 0.2) is 0 Å². The van der Waals surface area contributed by atoms with Crippen LogP contribution in [0, 0.1) is 0 Å². The molecule has 0 spiro atoms. The fourth-order valence-electron chi connectivity index (χ4n) is 7.77. The molecule has 1 heterocycles. The summed E-state index contributed by atoms with van der Waals surface area (Å²) in [5.74, 6) is 0. The molecule has 1 aromatic heterocycles. The van der Waals surface area contributed by atoms with Gasteiger partial charge in [-0.3, -0.25) is 0 Å². The van der Waals surface area contributed by atoms with Gasteiger partial charge in [0.05, 0.1) is 11.0 Å². The highest BCUT2D eigenvalue weighted by Crippen LogP contribution is 2.43. The highest BCUT2D eigenvalue weighted by atomic mass is 15.0. The summed E-state index contributed by atoms with van der Waals surface area (Å²) in [7, 11) is 0. The molecule has 10 rings (SSSR count). The van der Waals surface area contributed by atoms with E-state index >= 15 is 0 Å². The lowest BCUT2D eigenvalue weighted by molar-refractivity contribution is 1.18. The molecule has 1 nitrogen and oxygen atoms in total. The van der Waals surface area contributed by atoms with E-state index in [4.69, 9.17) is 0 Å². The molecular formula is C46H29N. The van der Waals surface area contributed by atoms with Crippen LogP contribution in [0.5, 0.6) is 0 Å². The van der Waals surface area contributed by atoms with Gasteiger partial charge >= 0.3 is 0 Å². The van der Waals surface area contributed by atoms with Crippen LogP contribution in [0.2, 0.25) is 0 Å². The summed E-state index contributed by atoms with van der Waals surface area (Å²) in [4.78, 5) is 0. The molecule has 0 bridgehead atoms. The number of aromatic nitrogens is 1. The van der Waals surface area contributed by atoms with Crippen molar-refractivity contribution in [2.75, 3.05) is 0 Å². The lowest BCUT2D eigenvalue weighted by Crippen LogP contribution is -1.94. The molecule has 0 radical (unpaired) electrons. The minimum absolute atomic E-state index is 1.17. The van der Waals surface area contributed by atoms with Gasteiger partial charge in [0, 0.05) is 16.5 Å². The van der Waals surface area contributed by atoms with Gasteiger partial charge in [-0.1, -0.05) is 152 Å². The predicted octanol–water partition coefficient (Wildman–Crippen LogP) is 12.7. The molecule has 0 aliphatic carbocycles. The molecule has 10 aromatic rings. The van der Waals surface area contributed by atoms with Crippen molar-refractivity contribution in [2.24, 2.45) is 0 Å². The van der Waals surface area contributed by atoms with Crippen LogP contribution >= 0.6 is 0 Å². The van der Waals surface area contributed by atoms with Crippen molar-refractivity contribution in [1.82, 2.24) is 4.57 Å². The predicted molar refractivity (Wildman–Crippen MR) is 201 cm³/mol. The van der Waals surface area contributed by atoms with Gasteiger partial charge in [0.2, 0.25) is 0 Å². The van der Waals surface area contributed by atoms with Crippen LogP contribution in [-0.4, -0.2) is 4.57 Å². The second-order valence-electron chi connectivity index (χ2n) is 12.5. The number of hydrogen-bond acceptors (Lipinski definition) is 0. The van der Waals surface area contributed by atoms with Gasteiger partial charge in [0.1, 0.15) is 0 Å². The molecule has 218 valence electrons. The summed E-state index contributed by atoms with van der Waals surface area (Å²) in [6.45, 7) is 0. The first kappa shape index (κ1) is 26.1. The molecule has 1 heteroatoms. The van der Waals surface area contributed by atoms with Crippen LogP contribution < -0.4 is 0 Å². The maximum Gasteiger partial charge on any atom is 0.0541 e. The first-order valence-corrected chi connectivity index (χ1v) is 16.3. The van der Waals surface area contributed by atoms with Crippen molar-refractivity contribution < 1.29 is 0 Å².